The number of nitrogens with zero attached hydrogens (tertiary/aromatic N) is 7. The molecule has 1 fully saturated rings. The molecule has 9 nitrogen and oxygen atoms in total. The van der Waals surface area contributed by atoms with Gasteiger partial charge < -0.3 is 15.1 Å². The van der Waals surface area contributed by atoms with Gasteiger partial charge in [0.25, 0.3) is 0 Å². The summed E-state index contributed by atoms with van der Waals surface area (Å²) in [7, 11) is 1.79. The Morgan fingerprint density at radius 3 is 2.87 bits per heavy atom. The number of amides is 1. The van der Waals surface area contributed by atoms with E-state index in [1.54, 1.807) is 18.1 Å². The average molecular weight is 414 g/mol. The first-order valence-electron chi connectivity index (χ1n) is 10.3. The Bertz CT molecular complexity index is 1160. The van der Waals surface area contributed by atoms with Crippen molar-refractivity contribution in [3.63, 3.8) is 0 Å². The van der Waals surface area contributed by atoms with E-state index in [0.29, 0.717) is 24.6 Å². The molecule has 0 bridgehead atoms. The van der Waals surface area contributed by atoms with Gasteiger partial charge in [0.1, 0.15) is 11.7 Å². The fourth-order valence-corrected chi connectivity index (χ4v) is 4.16. The first-order chi connectivity index (χ1) is 15.1. The van der Waals surface area contributed by atoms with Gasteiger partial charge in [0.2, 0.25) is 11.9 Å². The molecule has 0 radical (unpaired) electrons. The maximum Gasteiger partial charge on any atom is 0.249 e. The number of fused-ring (bicyclic) bond motifs is 3. The van der Waals surface area contributed by atoms with E-state index in [-0.39, 0.29) is 11.9 Å². The van der Waals surface area contributed by atoms with E-state index in [1.165, 1.54) is 0 Å². The number of anilines is 3. The van der Waals surface area contributed by atoms with Gasteiger partial charge in [0.05, 0.1) is 30.6 Å². The topological polar surface area (TPSA) is 103 Å². The summed E-state index contributed by atoms with van der Waals surface area (Å²) in [6.45, 7) is 2.03. The van der Waals surface area contributed by atoms with Crippen LogP contribution in [0.3, 0.4) is 0 Å². The minimum Gasteiger partial charge on any atom is -0.350 e. The predicted octanol–water partition coefficient (Wildman–Crippen LogP) is 2.15. The van der Waals surface area contributed by atoms with E-state index in [4.69, 9.17) is 10.2 Å². The van der Waals surface area contributed by atoms with Crippen molar-refractivity contribution in [2.24, 2.45) is 0 Å². The molecule has 2 aliphatic heterocycles. The van der Waals surface area contributed by atoms with Crippen molar-refractivity contribution in [3.8, 4) is 6.07 Å². The average Bonchev–Trinajstić information content (AvgIpc) is 3.46. The minimum absolute atomic E-state index is 0.110. The lowest BCUT2D eigenvalue weighted by Gasteiger charge is -2.36. The highest BCUT2D eigenvalue weighted by molar-refractivity contribution is 6.04. The van der Waals surface area contributed by atoms with Crippen LogP contribution >= 0.6 is 0 Å². The van der Waals surface area contributed by atoms with E-state index in [2.05, 4.69) is 26.4 Å². The van der Waals surface area contributed by atoms with Crippen LogP contribution in [0.4, 0.5) is 17.5 Å². The smallest absolute Gasteiger partial charge is 0.249 e. The second kappa shape index (κ2) is 7.72. The molecule has 4 heterocycles. The molecule has 31 heavy (non-hydrogen) atoms. The third kappa shape index (κ3) is 3.57. The van der Waals surface area contributed by atoms with Crippen molar-refractivity contribution in [3.05, 3.63) is 59.5 Å². The summed E-state index contributed by atoms with van der Waals surface area (Å²) in [5.41, 5.74) is 3.50. The van der Waals surface area contributed by atoms with Crippen LogP contribution < -0.4 is 15.1 Å². The lowest BCUT2D eigenvalue weighted by molar-refractivity contribution is -0.119. The highest BCUT2D eigenvalue weighted by Gasteiger charge is 2.40. The molecule has 1 aromatic carbocycles. The molecule has 2 aromatic heterocycles. The van der Waals surface area contributed by atoms with Gasteiger partial charge in [-0.2, -0.15) is 15.3 Å². The number of rotatable bonds is 5. The van der Waals surface area contributed by atoms with Crippen molar-refractivity contribution in [2.45, 2.75) is 32.0 Å². The number of nitrogens with one attached hydrogen (secondary N) is 1. The standard InChI is InChI=1S/C22H22N8O/c1-28-19-12-25-22(27-20(19)30-8-2-3-18(30)21(28)31)24-10-17-11-26-29(14-17)13-16-6-4-15(9-23)5-7-16/h4-7,11-12,14,18H,2-3,8,10,13H2,1H3,(H,24,25,27)/t18-/m0/s1. The second-order valence-corrected chi connectivity index (χ2v) is 7.86. The van der Waals surface area contributed by atoms with E-state index in [0.717, 1.165) is 42.0 Å². The highest BCUT2D eigenvalue weighted by Crippen LogP contribution is 2.37. The van der Waals surface area contributed by atoms with Crippen LogP contribution in [0.1, 0.15) is 29.5 Å². The zero-order chi connectivity index (χ0) is 21.4. The number of hydrogen-bond donors (Lipinski definition) is 1. The Morgan fingerprint density at radius 2 is 2.06 bits per heavy atom. The van der Waals surface area contributed by atoms with Gasteiger partial charge in [-0.05, 0) is 30.5 Å². The minimum atomic E-state index is -0.110. The number of aromatic nitrogens is 4. The third-order valence-corrected chi connectivity index (χ3v) is 5.82. The number of hydrogen-bond acceptors (Lipinski definition) is 7. The highest BCUT2D eigenvalue weighted by atomic mass is 16.2. The van der Waals surface area contributed by atoms with Crippen molar-refractivity contribution in [1.29, 1.82) is 5.26 Å². The molecule has 156 valence electrons. The Labute approximate surface area is 179 Å². The Kier molecular flexibility index (Phi) is 4.75. The lowest BCUT2D eigenvalue weighted by atomic mass is 10.1. The molecular formula is C22H22N8O. The van der Waals surface area contributed by atoms with Crippen molar-refractivity contribution < 1.29 is 4.79 Å². The molecule has 0 unspecified atom stereocenters. The summed E-state index contributed by atoms with van der Waals surface area (Å²) in [6.07, 6.45) is 7.37. The van der Waals surface area contributed by atoms with E-state index >= 15 is 0 Å². The van der Waals surface area contributed by atoms with E-state index in [9.17, 15) is 4.79 Å². The molecule has 3 aromatic rings. The fraction of sp³-hybridized carbons (Fsp3) is 0.318. The van der Waals surface area contributed by atoms with Crippen LogP contribution in [0.25, 0.3) is 0 Å². The maximum atomic E-state index is 12.5. The van der Waals surface area contributed by atoms with Crippen LogP contribution in [-0.2, 0) is 17.9 Å². The maximum absolute atomic E-state index is 12.5. The molecule has 2 aliphatic rings. The van der Waals surface area contributed by atoms with Gasteiger partial charge in [-0.25, -0.2) is 4.98 Å². The molecule has 1 atom stereocenters. The van der Waals surface area contributed by atoms with Gasteiger partial charge in [0.15, 0.2) is 5.82 Å². The normalized spacial score (nSPS) is 17.3. The molecule has 1 N–H and O–H groups in total. The Balaban J connectivity index is 1.26. The monoisotopic (exact) mass is 414 g/mol. The quantitative estimate of drug-likeness (QED) is 0.682. The van der Waals surface area contributed by atoms with Crippen molar-refractivity contribution in [1.82, 2.24) is 19.7 Å². The van der Waals surface area contributed by atoms with Gasteiger partial charge in [0, 0.05) is 31.9 Å². The summed E-state index contributed by atoms with van der Waals surface area (Å²) in [5, 5.41) is 16.6. The SMILES string of the molecule is CN1C(=O)[C@@H]2CCCN2c2nc(NCc3cnn(Cc4ccc(C#N)cc4)c3)ncc21. The molecule has 5 rings (SSSR count). The van der Waals surface area contributed by atoms with Gasteiger partial charge in [-0.1, -0.05) is 12.1 Å². The summed E-state index contributed by atoms with van der Waals surface area (Å²) < 4.78 is 1.86. The molecular weight excluding hydrogens is 392 g/mol. The number of likely N-dealkylation sites (N-methyl/N-ethyl adjacent to an activating group) is 1. The third-order valence-electron chi connectivity index (χ3n) is 5.82. The molecule has 0 aliphatic carbocycles. The number of carbonyl (C=O) groups excluding carboxylic acids is 1. The van der Waals surface area contributed by atoms with Gasteiger partial charge >= 0.3 is 0 Å². The Morgan fingerprint density at radius 1 is 1.23 bits per heavy atom. The zero-order valence-corrected chi connectivity index (χ0v) is 17.2. The van der Waals surface area contributed by atoms with Crippen molar-refractivity contribution in [2.75, 3.05) is 28.7 Å². The van der Waals surface area contributed by atoms with E-state index in [1.807, 2.05) is 41.3 Å². The van der Waals surface area contributed by atoms with Crippen LogP contribution in [-0.4, -0.2) is 45.3 Å². The molecule has 0 saturated carbocycles. The number of benzene rings is 1. The largest absolute Gasteiger partial charge is 0.350 e. The summed E-state index contributed by atoms with van der Waals surface area (Å²) in [6, 6.07) is 9.51. The predicted molar refractivity (Wildman–Crippen MR) is 116 cm³/mol. The molecule has 1 amide bonds. The Hall–Kier alpha value is -3.93. The molecule has 0 spiro atoms. The first kappa shape index (κ1) is 19.1. The molecule has 9 heteroatoms. The van der Waals surface area contributed by atoms with Crippen LogP contribution in [0.2, 0.25) is 0 Å². The summed E-state index contributed by atoms with van der Waals surface area (Å²) >= 11 is 0. The van der Waals surface area contributed by atoms with Crippen molar-refractivity contribution >= 4 is 23.4 Å². The first-order valence-corrected chi connectivity index (χ1v) is 10.3. The van der Waals surface area contributed by atoms with Crippen LogP contribution in [0.5, 0.6) is 0 Å². The van der Waals surface area contributed by atoms with Crippen LogP contribution in [0, 0.1) is 11.3 Å². The van der Waals surface area contributed by atoms with Gasteiger partial charge in [-0.3, -0.25) is 9.48 Å². The second-order valence-electron chi connectivity index (χ2n) is 7.86. The summed E-state index contributed by atoms with van der Waals surface area (Å²) in [4.78, 5) is 25.4. The summed E-state index contributed by atoms with van der Waals surface area (Å²) in [5.74, 6) is 1.47. The molecule has 1 saturated heterocycles. The number of carbonyl (C=O) groups is 1. The van der Waals surface area contributed by atoms with Crippen LogP contribution in [0.15, 0.2) is 42.9 Å². The zero-order valence-electron chi connectivity index (χ0n) is 17.2. The lowest BCUT2D eigenvalue weighted by Crippen LogP contribution is -2.49. The fourth-order valence-electron chi connectivity index (χ4n) is 4.16. The number of nitriles is 1. The van der Waals surface area contributed by atoms with Gasteiger partial charge in [-0.15, -0.1) is 0 Å². The van der Waals surface area contributed by atoms with E-state index < -0.39 is 0 Å².